The zero-order valence-corrected chi connectivity index (χ0v) is 9.30. The number of halogens is 1. The van der Waals surface area contributed by atoms with Crippen LogP contribution in [0.5, 0.6) is 0 Å². The molecule has 4 nitrogen and oxygen atoms in total. The van der Waals surface area contributed by atoms with E-state index in [0.717, 1.165) is 0 Å². The standard InChI is InChI=1S/C8H7N3O.HI/c1-11-4-2-7(3-5-11)8(6-9)10-12;/h2-5H,1H3;1H. The van der Waals surface area contributed by atoms with Crippen molar-refractivity contribution in [3.63, 3.8) is 0 Å². The molecule has 0 fully saturated rings. The summed E-state index contributed by atoms with van der Waals surface area (Å²) in [5.41, 5.74) is 0.459. The molecule has 1 rings (SSSR count). The van der Waals surface area contributed by atoms with E-state index < -0.39 is 0 Å². The molecule has 0 aromatic heterocycles. The molecule has 1 aliphatic rings. The minimum atomic E-state index is -0.0874. The zero-order chi connectivity index (χ0) is 8.97. The van der Waals surface area contributed by atoms with Crippen molar-refractivity contribution in [3.05, 3.63) is 40.7 Å². The molecule has 5 heteroatoms. The van der Waals surface area contributed by atoms with Gasteiger partial charge in [0, 0.05) is 25.0 Å². The third-order valence-corrected chi connectivity index (χ3v) is 1.45. The van der Waals surface area contributed by atoms with Gasteiger partial charge in [0.05, 0.1) is 0 Å². The Balaban J connectivity index is 0.00000144. The van der Waals surface area contributed by atoms with E-state index in [-0.39, 0.29) is 29.7 Å². The van der Waals surface area contributed by atoms with Gasteiger partial charge in [0.25, 0.3) is 0 Å². The highest BCUT2D eigenvalue weighted by molar-refractivity contribution is 14.0. The third kappa shape index (κ3) is 2.99. The summed E-state index contributed by atoms with van der Waals surface area (Å²) in [4.78, 5) is 11.9. The first-order valence-corrected chi connectivity index (χ1v) is 3.34. The molecule has 0 aliphatic carbocycles. The molecule has 0 unspecified atom stereocenters. The first kappa shape index (κ1) is 11.8. The maximum Gasteiger partial charge on any atom is 0.192 e. The summed E-state index contributed by atoms with van der Waals surface area (Å²) in [6.07, 6.45) is 6.83. The maximum absolute atomic E-state index is 10.1. The van der Waals surface area contributed by atoms with E-state index in [9.17, 15) is 4.91 Å². The average molecular weight is 289 g/mol. The number of nitriles is 1. The second-order valence-corrected chi connectivity index (χ2v) is 2.30. The van der Waals surface area contributed by atoms with Crippen molar-refractivity contribution < 1.29 is 0 Å². The zero-order valence-electron chi connectivity index (χ0n) is 6.97. The van der Waals surface area contributed by atoms with E-state index in [1.807, 2.05) is 11.9 Å². The lowest BCUT2D eigenvalue weighted by Crippen LogP contribution is -2.03. The fourth-order valence-corrected chi connectivity index (χ4v) is 0.797. The Kier molecular flexibility index (Phi) is 4.99. The quantitative estimate of drug-likeness (QED) is 0.422. The topological polar surface area (TPSA) is 56.5 Å². The molecule has 0 spiro atoms. The van der Waals surface area contributed by atoms with Crippen molar-refractivity contribution in [3.8, 4) is 6.07 Å². The first-order chi connectivity index (χ1) is 5.77. The Morgan fingerprint density at radius 3 is 2.46 bits per heavy atom. The van der Waals surface area contributed by atoms with Crippen LogP contribution in [0, 0.1) is 16.2 Å². The molecule has 0 aromatic carbocycles. The molecule has 0 radical (unpaired) electrons. The Morgan fingerprint density at radius 1 is 1.54 bits per heavy atom. The molecule has 1 aliphatic heterocycles. The van der Waals surface area contributed by atoms with Gasteiger partial charge in [0.2, 0.25) is 0 Å². The highest BCUT2D eigenvalue weighted by atomic mass is 127. The molecule has 13 heavy (non-hydrogen) atoms. The molecule has 0 aromatic rings. The Hall–Kier alpha value is -1.16. The summed E-state index contributed by atoms with van der Waals surface area (Å²) in [7, 11) is 1.85. The van der Waals surface area contributed by atoms with Gasteiger partial charge in [-0.3, -0.25) is 0 Å². The van der Waals surface area contributed by atoms with Crippen LogP contribution >= 0.6 is 24.0 Å². The van der Waals surface area contributed by atoms with Crippen LogP contribution < -0.4 is 0 Å². The SMILES string of the molecule is CN1C=CC(=C(C#N)N=O)C=C1.I. The van der Waals surface area contributed by atoms with Crippen molar-refractivity contribution in [2.45, 2.75) is 0 Å². The number of nitroso groups, excluding NO2 is 1. The van der Waals surface area contributed by atoms with Gasteiger partial charge >= 0.3 is 0 Å². The summed E-state index contributed by atoms with van der Waals surface area (Å²) in [6, 6.07) is 1.72. The van der Waals surface area contributed by atoms with Crippen LogP contribution in [-0.2, 0) is 0 Å². The van der Waals surface area contributed by atoms with Gasteiger partial charge in [0.1, 0.15) is 6.07 Å². The maximum atomic E-state index is 10.1. The molecule has 68 valence electrons. The van der Waals surface area contributed by atoms with Crippen LogP contribution in [0.3, 0.4) is 0 Å². The second-order valence-electron chi connectivity index (χ2n) is 2.30. The Labute approximate surface area is 93.2 Å². The summed E-state index contributed by atoms with van der Waals surface area (Å²) >= 11 is 0. The fraction of sp³-hybridized carbons (Fsp3) is 0.125. The monoisotopic (exact) mass is 289 g/mol. The van der Waals surface area contributed by atoms with Crippen LogP contribution in [0.2, 0.25) is 0 Å². The lowest BCUT2D eigenvalue weighted by Gasteiger charge is -2.11. The van der Waals surface area contributed by atoms with Gasteiger partial charge in [-0.1, -0.05) is 0 Å². The highest BCUT2D eigenvalue weighted by Gasteiger charge is 2.03. The van der Waals surface area contributed by atoms with Gasteiger partial charge in [-0.25, -0.2) is 0 Å². The largest absolute Gasteiger partial charge is 0.357 e. The van der Waals surface area contributed by atoms with Crippen LogP contribution in [0.25, 0.3) is 0 Å². The summed E-state index contributed by atoms with van der Waals surface area (Å²) < 4.78 is 0. The summed E-state index contributed by atoms with van der Waals surface area (Å²) in [5.74, 6) is 0. The van der Waals surface area contributed by atoms with Gasteiger partial charge in [-0.15, -0.1) is 28.9 Å². The van der Waals surface area contributed by atoms with Crippen molar-refractivity contribution >= 4 is 24.0 Å². The van der Waals surface area contributed by atoms with Crippen LogP contribution in [-0.4, -0.2) is 11.9 Å². The minimum absolute atomic E-state index is 0. The van der Waals surface area contributed by atoms with Crippen LogP contribution in [0.4, 0.5) is 0 Å². The summed E-state index contributed by atoms with van der Waals surface area (Å²) in [6.45, 7) is 0. The van der Waals surface area contributed by atoms with E-state index in [1.54, 1.807) is 30.6 Å². The molecule has 1 heterocycles. The van der Waals surface area contributed by atoms with Gasteiger partial charge in [0.15, 0.2) is 5.70 Å². The molecule has 0 amide bonds. The smallest absolute Gasteiger partial charge is 0.192 e. The Morgan fingerprint density at radius 2 is 2.08 bits per heavy atom. The number of hydrogen-bond acceptors (Lipinski definition) is 4. The predicted molar refractivity (Wildman–Crippen MR) is 59.9 cm³/mol. The third-order valence-electron chi connectivity index (χ3n) is 1.45. The van der Waals surface area contributed by atoms with Gasteiger partial charge in [-0.05, 0) is 17.3 Å². The number of allylic oxidation sites excluding steroid dienone is 4. The van der Waals surface area contributed by atoms with Crippen LogP contribution in [0.15, 0.2) is 41.0 Å². The van der Waals surface area contributed by atoms with E-state index in [4.69, 9.17) is 5.26 Å². The lowest BCUT2D eigenvalue weighted by atomic mass is 10.2. The molecule has 0 bridgehead atoms. The summed E-state index contributed by atoms with van der Waals surface area (Å²) in [5, 5.41) is 11.1. The average Bonchev–Trinajstić information content (AvgIpc) is 2.10. The highest BCUT2D eigenvalue weighted by Crippen LogP contribution is 2.12. The van der Waals surface area contributed by atoms with Gasteiger partial charge in [-0.2, -0.15) is 5.26 Å². The van der Waals surface area contributed by atoms with E-state index in [1.165, 1.54) is 0 Å². The lowest BCUT2D eigenvalue weighted by molar-refractivity contribution is 0.619. The number of hydrogen-bond donors (Lipinski definition) is 0. The van der Waals surface area contributed by atoms with Crippen molar-refractivity contribution in [1.29, 1.82) is 5.26 Å². The molecule has 0 saturated heterocycles. The number of nitrogens with zero attached hydrogens (tertiary/aromatic N) is 3. The molecule has 0 saturated carbocycles. The van der Waals surface area contributed by atoms with Crippen molar-refractivity contribution in [2.75, 3.05) is 7.05 Å². The van der Waals surface area contributed by atoms with Crippen LogP contribution in [0.1, 0.15) is 0 Å². The number of rotatable bonds is 1. The molecular formula is C8H8IN3O. The molecular weight excluding hydrogens is 281 g/mol. The molecule has 0 atom stereocenters. The van der Waals surface area contributed by atoms with E-state index in [0.29, 0.717) is 5.57 Å². The normalized spacial score (nSPS) is 13.2. The van der Waals surface area contributed by atoms with Gasteiger partial charge < -0.3 is 4.90 Å². The molecule has 0 N–H and O–H groups in total. The first-order valence-electron chi connectivity index (χ1n) is 3.34. The van der Waals surface area contributed by atoms with Crippen molar-refractivity contribution in [2.24, 2.45) is 5.18 Å². The van der Waals surface area contributed by atoms with Crippen molar-refractivity contribution in [1.82, 2.24) is 4.90 Å². The second kappa shape index (κ2) is 5.48. The minimum Gasteiger partial charge on any atom is -0.357 e. The van der Waals surface area contributed by atoms with E-state index >= 15 is 0 Å². The van der Waals surface area contributed by atoms with E-state index in [2.05, 4.69) is 5.18 Å². The Bertz CT molecular complexity index is 309. The fourth-order valence-electron chi connectivity index (χ4n) is 0.797. The predicted octanol–water partition coefficient (Wildman–Crippen LogP) is 2.12.